The number of ether oxygens (including phenoxy) is 2. The molecular formula is C47H62N2O5. The lowest BCUT2D eigenvalue weighted by atomic mass is 9.40. The summed E-state index contributed by atoms with van der Waals surface area (Å²) in [6.45, 7) is 28.2. The number of nitrogens with zero attached hydrogens (tertiary/aromatic N) is 1. The van der Waals surface area contributed by atoms with Gasteiger partial charge in [0.2, 0.25) is 0 Å². The highest BCUT2D eigenvalue weighted by Gasteiger charge is 2.67. The van der Waals surface area contributed by atoms with E-state index in [0.717, 1.165) is 48.8 Å². The third-order valence-electron chi connectivity index (χ3n) is 15.2. The van der Waals surface area contributed by atoms with Crippen LogP contribution >= 0.6 is 0 Å². The lowest BCUT2D eigenvalue weighted by Crippen LogP contribution is -2.62. The highest BCUT2D eigenvalue weighted by Crippen LogP contribution is 2.71. The normalized spacial score (nSPS) is 36.0. The maximum atomic E-state index is 14.9. The van der Waals surface area contributed by atoms with Gasteiger partial charge in [0.05, 0.1) is 29.9 Å². The molecule has 0 radical (unpaired) electrons. The van der Waals surface area contributed by atoms with E-state index in [4.69, 9.17) is 9.47 Å². The van der Waals surface area contributed by atoms with Crippen molar-refractivity contribution in [3.8, 4) is 0 Å². The number of methoxy groups -OCH3 is 1. The van der Waals surface area contributed by atoms with Gasteiger partial charge in [-0.15, -0.1) is 0 Å². The molecule has 0 bridgehead atoms. The number of hydrogen-bond donors (Lipinski definition) is 2. The van der Waals surface area contributed by atoms with Crippen LogP contribution in [0, 0.1) is 28.6 Å². The van der Waals surface area contributed by atoms with Gasteiger partial charge in [-0.1, -0.05) is 45.1 Å². The largest absolute Gasteiger partial charge is 0.491 e. The summed E-state index contributed by atoms with van der Waals surface area (Å²) in [4.78, 5) is 27.9. The number of Topliss-reactive ketones (excluding diaryl/α,β-unsaturated/α-hetero) is 1. The molecule has 8 atom stereocenters. The molecule has 2 saturated carbocycles. The van der Waals surface area contributed by atoms with E-state index < -0.39 is 28.7 Å². The van der Waals surface area contributed by atoms with Crippen molar-refractivity contribution in [2.75, 3.05) is 7.11 Å². The van der Waals surface area contributed by atoms with Gasteiger partial charge in [-0.25, -0.2) is 0 Å². The Labute approximate surface area is 322 Å². The number of rotatable bonds is 5. The number of aromatic nitrogens is 1. The Bertz CT molecular complexity index is 2120. The number of nitrogens with one attached hydrogen (secondary N) is 1. The maximum absolute atomic E-state index is 14.9. The van der Waals surface area contributed by atoms with Gasteiger partial charge in [0.15, 0.2) is 11.5 Å². The summed E-state index contributed by atoms with van der Waals surface area (Å²) in [6, 6.07) is 2.03. The van der Waals surface area contributed by atoms with Gasteiger partial charge in [-0.2, -0.15) is 0 Å². The zero-order chi connectivity index (χ0) is 39.3. The second-order valence-corrected chi connectivity index (χ2v) is 20.5. The minimum atomic E-state index is -0.531. The molecule has 2 fully saturated rings. The number of aliphatic hydroxyl groups is 1. The number of carbonyl (C=O) groups excluding carboxylic acids is 2. The van der Waals surface area contributed by atoms with Crippen LogP contribution in [0.4, 0.5) is 0 Å². The van der Waals surface area contributed by atoms with Crippen LogP contribution in [0.5, 0.6) is 0 Å². The highest BCUT2D eigenvalue weighted by atomic mass is 16.5. The summed E-state index contributed by atoms with van der Waals surface area (Å²) in [5.74, 6) is 0.961. The maximum Gasteiger partial charge on any atom is 0.286 e. The van der Waals surface area contributed by atoms with Gasteiger partial charge in [-0.05, 0) is 152 Å². The second-order valence-electron chi connectivity index (χ2n) is 20.5. The number of carbonyl (C=O) groups is 2. The topological polar surface area (TPSA) is 89.8 Å². The molecule has 2 aromatic rings. The number of benzene rings is 1. The van der Waals surface area contributed by atoms with Crippen LogP contribution in [0.1, 0.15) is 141 Å². The first-order chi connectivity index (χ1) is 25.0. The summed E-state index contributed by atoms with van der Waals surface area (Å²) < 4.78 is 14.6. The third kappa shape index (κ3) is 4.92. The molecule has 2 aliphatic heterocycles. The van der Waals surface area contributed by atoms with Crippen LogP contribution < -0.4 is 5.32 Å². The predicted octanol–water partition coefficient (Wildman–Crippen LogP) is 9.11. The molecule has 3 heterocycles. The number of fused-ring (bicyclic) bond motifs is 11. The van der Waals surface area contributed by atoms with Crippen LogP contribution in [0.3, 0.4) is 0 Å². The minimum Gasteiger partial charge on any atom is -0.491 e. The molecule has 290 valence electrons. The molecule has 6 aliphatic rings. The van der Waals surface area contributed by atoms with Crippen LogP contribution in [-0.2, 0) is 32.5 Å². The second kappa shape index (κ2) is 11.6. The van der Waals surface area contributed by atoms with Crippen LogP contribution in [0.2, 0.25) is 0 Å². The van der Waals surface area contributed by atoms with Crippen molar-refractivity contribution in [1.82, 2.24) is 9.88 Å². The molecule has 54 heavy (non-hydrogen) atoms. The molecule has 1 amide bonds. The van der Waals surface area contributed by atoms with Crippen molar-refractivity contribution in [3.05, 3.63) is 76.2 Å². The molecule has 2 N–H and O–H groups in total. The summed E-state index contributed by atoms with van der Waals surface area (Å²) >= 11 is 0. The van der Waals surface area contributed by atoms with Crippen molar-refractivity contribution in [1.29, 1.82) is 0 Å². The van der Waals surface area contributed by atoms with E-state index in [1.54, 1.807) is 6.08 Å². The van der Waals surface area contributed by atoms with Crippen molar-refractivity contribution in [3.63, 3.8) is 0 Å². The lowest BCUT2D eigenvalue weighted by molar-refractivity contribution is -0.144. The molecule has 7 nitrogen and oxygen atoms in total. The molecule has 4 aliphatic carbocycles. The molecule has 0 saturated heterocycles. The van der Waals surface area contributed by atoms with E-state index in [-0.39, 0.29) is 45.7 Å². The monoisotopic (exact) mass is 734 g/mol. The van der Waals surface area contributed by atoms with Crippen molar-refractivity contribution in [2.24, 2.45) is 28.6 Å². The SMILES string of the molecule is C=C(C)[C@H]1C(=O)c2c3c(cc4c5c(n1c24)[C@@]1(C)C(CC[C@H]2[C@](C)(/C=C/C=C(\OC)C(=O)NC(C)(C)C)[C@@H](O)CC[C@@]21C)C5)C1=CC(C)(C)OC(C)(C)C1C3. The Hall–Kier alpha value is -3.42. The standard InChI is InChI=1S/C47H62N2O5/c1-25(2)37-39(51)36-28-23-32-31(24-43(6,7)54-44(32,8)9)27(28)22-29-30-21-26-16-17-34-45(10,19-14-15-33(53-13)41(52)48-42(3,4)5)35(50)18-20-46(34,11)47(26,12)40(30)49(37)38(29)36/h14-15,19,22,24,26,32,34-35,37,50H,1,16-18,20-21,23H2,2-13H3,(H,48,52)/b19-14+,33-15-/t26?,32?,34-,35-,37-,45-,46-,47+/m0/s1. The highest BCUT2D eigenvalue weighted by molar-refractivity contribution is 6.18. The molecule has 0 spiro atoms. The smallest absolute Gasteiger partial charge is 0.286 e. The number of amides is 1. The number of hydrogen-bond acceptors (Lipinski definition) is 5. The summed E-state index contributed by atoms with van der Waals surface area (Å²) in [7, 11) is 1.52. The molecule has 7 heteroatoms. The first-order valence-corrected chi connectivity index (χ1v) is 20.3. The Morgan fingerprint density at radius 1 is 1.07 bits per heavy atom. The van der Waals surface area contributed by atoms with E-state index in [1.165, 1.54) is 40.5 Å². The van der Waals surface area contributed by atoms with E-state index in [9.17, 15) is 14.7 Å². The number of ketones is 1. The Balaban J connectivity index is 1.27. The van der Waals surface area contributed by atoms with Gasteiger partial charge < -0.3 is 24.5 Å². The van der Waals surface area contributed by atoms with Gasteiger partial charge in [0, 0.05) is 38.9 Å². The zero-order valence-corrected chi connectivity index (χ0v) is 34.8. The summed E-state index contributed by atoms with van der Waals surface area (Å²) in [6.07, 6.45) is 13.0. The van der Waals surface area contributed by atoms with Gasteiger partial charge in [0.25, 0.3) is 5.91 Å². The Morgan fingerprint density at radius 3 is 2.43 bits per heavy atom. The van der Waals surface area contributed by atoms with Crippen molar-refractivity contribution in [2.45, 2.75) is 149 Å². The zero-order valence-electron chi connectivity index (χ0n) is 34.8. The molecule has 1 aromatic heterocycles. The van der Waals surface area contributed by atoms with Gasteiger partial charge in [0.1, 0.15) is 6.04 Å². The minimum absolute atomic E-state index is 0.165. The number of aliphatic hydroxyl groups excluding tert-OH is 1. The summed E-state index contributed by atoms with van der Waals surface area (Å²) in [5, 5.41) is 16.1. The van der Waals surface area contributed by atoms with Gasteiger partial charge in [-0.3, -0.25) is 9.59 Å². The van der Waals surface area contributed by atoms with E-state index in [1.807, 2.05) is 33.8 Å². The molecule has 8 rings (SSSR count). The number of allylic oxidation sites excluding steroid dienone is 3. The fraction of sp³-hybridized carbons (Fsp3) is 0.617. The quantitative estimate of drug-likeness (QED) is 0.139. The summed E-state index contributed by atoms with van der Waals surface area (Å²) in [5.41, 5.74) is 7.34. The van der Waals surface area contributed by atoms with Crippen LogP contribution in [0.15, 0.2) is 48.3 Å². The van der Waals surface area contributed by atoms with E-state index in [0.29, 0.717) is 12.3 Å². The van der Waals surface area contributed by atoms with E-state index in [2.05, 4.69) is 83.1 Å². The fourth-order valence-electron chi connectivity index (χ4n) is 12.9. The predicted molar refractivity (Wildman–Crippen MR) is 215 cm³/mol. The molecule has 2 unspecified atom stereocenters. The Kier molecular flexibility index (Phi) is 8.03. The molecular weight excluding hydrogens is 673 g/mol. The average molecular weight is 735 g/mol. The van der Waals surface area contributed by atoms with Gasteiger partial charge >= 0.3 is 0 Å². The first kappa shape index (κ1) is 37.5. The Morgan fingerprint density at radius 2 is 1.78 bits per heavy atom. The van der Waals surface area contributed by atoms with Crippen molar-refractivity contribution < 1.29 is 24.2 Å². The van der Waals surface area contributed by atoms with Crippen LogP contribution in [0.25, 0.3) is 16.5 Å². The molecule has 1 aromatic carbocycles. The first-order valence-electron chi connectivity index (χ1n) is 20.3. The van der Waals surface area contributed by atoms with Crippen molar-refractivity contribution >= 4 is 28.2 Å². The van der Waals surface area contributed by atoms with E-state index >= 15 is 0 Å². The fourth-order valence-corrected chi connectivity index (χ4v) is 12.9. The van der Waals surface area contributed by atoms with Crippen LogP contribution in [-0.4, -0.2) is 51.3 Å². The lowest BCUT2D eigenvalue weighted by Gasteiger charge is -2.64. The average Bonchev–Trinajstić information content (AvgIpc) is 3.75. The third-order valence-corrected chi connectivity index (χ3v) is 15.2.